The first-order valence-corrected chi connectivity index (χ1v) is 8.50. The maximum absolute atomic E-state index is 12.5. The van der Waals surface area contributed by atoms with E-state index in [0.29, 0.717) is 39.0 Å². The van der Waals surface area contributed by atoms with Crippen molar-refractivity contribution in [3.05, 3.63) is 0 Å². The zero-order valence-corrected chi connectivity index (χ0v) is 14.1. The SMILES string of the molecule is COCC[C@@]1(C(=O)O)CCCN(C(=O)CCN2CCNCC2)C1. The molecular weight excluding hydrogens is 298 g/mol. The minimum atomic E-state index is -0.848. The number of rotatable bonds is 7. The highest BCUT2D eigenvalue weighted by molar-refractivity contribution is 5.79. The first kappa shape index (κ1) is 18.2. The largest absolute Gasteiger partial charge is 0.481 e. The van der Waals surface area contributed by atoms with Crippen LogP contribution < -0.4 is 5.32 Å². The molecular formula is C16H29N3O4. The summed E-state index contributed by atoms with van der Waals surface area (Å²) in [6, 6.07) is 0. The quantitative estimate of drug-likeness (QED) is 0.686. The van der Waals surface area contributed by atoms with E-state index in [1.807, 2.05) is 0 Å². The Morgan fingerprint density at radius 3 is 2.65 bits per heavy atom. The highest BCUT2D eigenvalue weighted by atomic mass is 16.5. The molecule has 0 radical (unpaired) electrons. The van der Waals surface area contributed by atoms with E-state index in [1.54, 1.807) is 12.0 Å². The van der Waals surface area contributed by atoms with E-state index < -0.39 is 11.4 Å². The summed E-state index contributed by atoms with van der Waals surface area (Å²) >= 11 is 0. The molecule has 0 unspecified atom stereocenters. The van der Waals surface area contributed by atoms with Gasteiger partial charge in [0.15, 0.2) is 0 Å². The smallest absolute Gasteiger partial charge is 0.311 e. The fourth-order valence-electron chi connectivity index (χ4n) is 3.47. The maximum Gasteiger partial charge on any atom is 0.311 e. The van der Waals surface area contributed by atoms with Crippen LogP contribution in [0.3, 0.4) is 0 Å². The number of carboxylic acid groups (broad SMARTS) is 1. The fourth-order valence-corrected chi connectivity index (χ4v) is 3.47. The summed E-state index contributed by atoms with van der Waals surface area (Å²) < 4.78 is 5.06. The third kappa shape index (κ3) is 4.89. The van der Waals surface area contributed by atoms with Crippen LogP contribution in [-0.2, 0) is 14.3 Å². The van der Waals surface area contributed by atoms with Gasteiger partial charge >= 0.3 is 5.97 Å². The molecule has 1 atom stereocenters. The lowest BCUT2D eigenvalue weighted by atomic mass is 9.77. The second-order valence-corrected chi connectivity index (χ2v) is 6.59. The molecule has 2 saturated heterocycles. The molecule has 23 heavy (non-hydrogen) atoms. The van der Waals surface area contributed by atoms with Crippen LogP contribution in [-0.4, -0.2) is 86.3 Å². The van der Waals surface area contributed by atoms with Gasteiger partial charge in [-0.2, -0.15) is 0 Å². The Balaban J connectivity index is 1.87. The van der Waals surface area contributed by atoms with Crippen molar-refractivity contribution < 1.29 is 19.4 Å². The van der Waals surface area contributed by atoms with Gasteiger partial charge in [0, 0.05) is 66.0 Å². The lowest BCUT2D eigenvalue weighted by Crippen LogP contribution is -2.51. The van der Waals surface area contributed by atoms with Crippen LogP contribution in [0.5, 0.6) is 0 Å². The van der Waals surface area contributed by atoms with Crippen LogP contribution >= 0.6 is 0 Å². The van der Waals surface area contributed by atoms with E-state index in [9.17, 15) is 14.7 Å². The van der Waals surface area contributed by atoms with Crippen LogP contribution in [0.1, 0.15) is 25.7 Å². The Morgan fingerprint density at radius 2 is 2.00 bits per heavy atom. The normalized spacial score (nSPS) is 26.2. The summed E-state index contributed by atoms with van der Waals surface area (Å²) in [7, 11) is 1.58. The van der Waals surface area contributed by atoms with Gasteiger partial charge in [0.2, 0.25) is 5.91 Å². The van der Waals surface area contributed by atoms with Gasteiger partial charge in [-0.25, -0.2) is 0 Å². The van der Waals surface area contributed by atoms with Crippen molar-refractivity contribution in [3.63, 3.8) is 0 Å². The summed E-state index contributed by atoms with van der Waals surface area (Å²) in [6.07, 6.45) is 2.29. The minimum absolute atomic E-state index is 0.0753. The summed E-state index contributed by atoms with van der Waals surface area (Å²) in [5.41, 5.74) is -0.848. The number of carbonyl (C=O) groups is 2. The molecule has 0 saturated carbocycles. The third-order valence-electron chi connectivity index (χ3n) is 5.02. The molecule has 132 valence electrons. The molecule has 0 aromatic rings. The van der Waals surface area contributed by atoms with Crippen LogP contribution in [0.4, 0.5) is 0 Å². The van der Waals surface area contributed by atoms with Crippen molar-refractivity contribution in [1.29, 1.82) is 0 Å². The van der Waals surface area contributed by atoms with Gasteiger partial charge < -0.3 is 25.0 Å². The number of carboxylic acids is 1. The lowest BCUT2D eigenvalue weighted by molar-refractivity contribution is -0.156. The lowest BCUT2D eigenvalue weighted by Gasteiger charge is -2.40. The summed E-state index contributed by atoms with van der Waals surface area (Å²) in [6.45, 7) is 6.03. The number of methoxy groups -OCH3 is 1. The molecule has 0 bridgehead atoms. The Kier molecular flexibility index (Phi) is 6.80. The van der Waals surface area contributed by atoms with Crippen LogP contribution in [0.2, 0.25) is 0 Å². The number of nitrogens with zero attached hydrogens (tertiary/aromatic N) is 2. The monoisotopic (exact) mass is 327 g/mol. The van der Waals surface area contributed by atoms with Crippen molar-refractivity contribution >= 4 is 11.9 Å². The number of amides is 1. The predicted molar refractivity (Wildman–Crippen MR) is 86.3 cm³/mol. The molecule has 0 spiro atoms. The molecule has 2 aliphatic rings. The van der Waals surface area contributed by atoms with Crippen molar-refractivity contribution in [3.8, 4) is 0 Å². The zero-order valence-electron chi connectivity index (χ0n) is 14.1. The topological polar surface area (TPSA) is 82.1 Å². The Hall–Kier alpha value is -1.18. The van der Waals surface area contributed by atoms with Gasteiger partial charge in [0.1, 0.15) is 0 Å². The molecule has 7 nitrogen and oxygen atoms in total. The van der Waals surface area contributed by atoms with Gasteiger partial charge in [0.05, 0.1) is 5.41 Å². The zero-order chi connectivity index (χ0) is 16.7. The number of nitrogens with one attached hydrogen (secondary N) is 1. The number of hydrogen-bond acceptors (Lipinski definition) is 5. The highest BCUT2D eigenvalue weighted by Gasteiger charge is 2.43. The molecule has 0 aromatic heterocycles. The number of piperazine rings is 1. The van der Waals surface area contributed by atoms with Crippen molar-refractivity contribution in [1.82, 2.24) is 15.1 Å². The second kappa shape index (κ2) is 8.61. The van der Waals surface area contributed by atoms with Crippen LogP contribution in [0, 0.1) is 5.41 Å². The first-order valence-electron chi connectivity index (χ1n) is 8.50. The van der Waals surface area contributed by atoms with Gasteiger partial charge in [-0.15, -0.1) is 0 Å². The third-order valence-corrected chi connectivity index (χ3v) is 5.02. The Bertz CT molecular complexity index is 412. The number of piperidine rings is 1. The number of carbonyl (C=O) groups excluding carboxylic acids is 1. The molecule has 0 aromatic carbocycles. The number of aliphatic carboxylic acids is 1. The summed E-state index contributed by atoms with van der Waals surface area (Å²) in [4.78, 5) is 28.3. The first-order chi connectivity index (χ1) is 11.1. The van der Waals surface area contributed by atoms with Crippen LogP contribution in [0.25, 0.3) is 0 Å². The molecule has 1 amide bonds. The number of ether oxygens (including phenoxy) is 1. The molecule has 2 fully saturated rings. The van der Waals surface area contributed by atoms with Gasteiger partial charge in [-0.3, -0.25) is 9.59 Å². The number of likely N-dealkylation sites (tertiary alicyclic amines) is 1. The Morgan fingerprint density at radius 1 is 1.26 bits per heavy atom. The van der Waals surface area contributed by atoms with Crippen molar-refractivity contribution in [2.24, 2.45) is 5.41 Å². The Labute approximate surface area is 138 Å². The molecule has 7 heteroatoms. The summed E-state index contributed by atoms with van der Waals surface area (Å²) in [5.74, 6) is -0.736. The van der Waals surface area contributed by atoms with E-state index in [-0.39, 0.29) is 5.91 Å². The van der Waals surface area contributed by atoms with Crippen molar-refractivity contribution in [2.75, 3.05) is 59.5 Å². The van der Waals surface area contributed by atoms with Crippen LogP contribution in [0.15, 0.2) is 0 Å². The average Bonchev–Trinajstić information content (AvgIpc) is 2.59. The maximum atomic E-state index is 12.5. The van der Waals surface area contributed by atoms with Crippen molar-refractivity contribution in [2.45, 2.75) is 25.7 Å². The van der Waals surface area contributed by atoms with Gasteiger partial charge in [-0.1, -0.05) is 0 Å². The summed E-state index contributed by atoms with van der Waals surface area (Å²) in [5, 5.41) is 12.9. The second-order valence-electron chi connectivity index (χ2n) is 6.59. The van der Waals surface area contributed by atoms with E-state index >= 15 is 0 Å². The molecule has 2 heterocycles. The number of hydrogen-bond donors (Lipinski definition) is 2. The molecule has 2 aliphatic heterocycles. The predicted octanol–water partition coefficient (Wildman–Crippen LogP) is 0.0116. The van der Waals surface area contributed by atoms with E-state index in [1.165, 1.54) is 0 Å². The highest BCUT2D eigenvalue weighted by Crippen LogP contribution is 2.34. The van der Waals surface area contributed by atoms with E-state index in [2.05, 4.69) is 10.2 Å². The standard InChI is InChI=1S/C16H29N3O4/c1-23-12-5-16(15(21)22)4-2-8-19(13-16)14(20)3-9-18-10-6-17-7-11-18/h17H,2-13H2,1H3,(H,21,22)/t16-/m0/s1. The van der Waals surface area contributed by atoms with Gasteiger partial charge in [0.25, 0.3) is 0 Å². The molecule has 2 rings (SSSR count). The minimum Gasteiger partial charge on any atom is -0.481 e. The van der Waals surface area contributed by atoms with Gasteiger partial charge in [-0.05, 0) is 19.3 Å². The van der Waals surface area contributed by atoms with E-state index in [4.69, 9.17) is 4.74 Å². The molecule has 0 aliphatic carbocycles. The van der Waals surface area contributed by atoms with E-state index in [0.717, 1.165) is 39.1 Å². The molecule has 2 N–H and O–H groups in total. The average molecular weight is 327 g/mol. The fraction of sp³-hybridized carbons (Fsp3) is 0.875.